The molecule has 1 unspecified atom stereocenters. The lowest BCUT2D eigenvalue weighted by molar-refractivity contribution is 0.0384. The molecule has 124 valence electrons. The van der Waals surface area contributed by atoms with Crippen LogP contribution in [-0.4, -0.2) is 45.3 Å². The average Bonchev–Trinajstić information content (AvgIpc) is 2.94. The Morgan fingerprint density at radius 1 is 1.45 bits per heavy atom. The van der Waals surface area contributed by atoms with Crippen molar-refractivity contribution in [2.45, 2.75) is 59.0 Å². The van der Waals surface area contributed by atoms with Gasteiger partial charge in [-0.3, -0.25) is 9.89 Å². The number of aromatic amines is 1. The second-order valence-electron chi connectivity index (χ2n) is 6.84. The van der Waals surface area contributed by atoms with Crippen LogP contribution in [0.2, 0.25) is 0 Å². The molecular formula is C17H29N3O2. The molecule has 0 saturated carbocycles. The van der Waals surface area contributed by atoms with Gasteiger partial charge in [-0.1, -0.05) is 27.2 Å². The molecule has 1 fully saturated rings. The van der Waals surface area contributed by atoms with Crippen LogP contribution in [0, 0.1) is 11.8 Å². The van der Waals surface area contributed by atoms with Crippen molar-refractivity contribution < 1.29 is 9.90 Å². The Balaban J connectivity index is 1.91. The zero-order chi connectivity index (χ0) is 16.1. The highest BCUT2D eigenvalue weighted by Crippen LogP contribution is 2.25. The van der Waals surface area contributed by atoms with Crippen molar-refractivity contribution >= 4 is 5.91 Å². The number of piperidine rings is 1. The quantitative estimate of drug-likeness (QED) is 0.849. The lowest BCUT2D eigenvalue weighted by atomic mass is 9.87. The third-order valence-electron chi connectivity index (χ3n) is 4.53. The van der Waals surface area contributed by atoms with E-state index in [2.05, 4.69) is 31.0 Å². The maximum absolute atomic E-state index is 12.6. The summed E-state index contributed by atoms with van der Waals surface area (Å²) in [6, 6.07) is 0. The van der Waals surface area contributed by atoms with E-state index < -0.39 is 0 Å². The van der Waals surface area contributed by atoms with Crippen LogP contribution in [0.3, 0.4) is 0 Å². The molecule has 0 aliphatic carbocycles. The lowest BCUT2D eigenvalue weighted by Gasteiger charge is -2.34. The Kier molecular flexibility index (Phi) is 6.00. The first-order valence-electron chi connectivity index (χ1n) is 8.52. The summed E-state index contributed by atoms with van der Waals surface area (Å²) in [5.74, 6) is 0.914. The molecule has 0 spiro atoms. The van der Waals surface area contributed by atoms with Crippen LogP contribution in [0.5, 0.6) is 0 Å². The summed E-state index contributed by atoms with van der Waals surface area (Å²) in [6.45, 7) is 7.83. The number of aryl methyl sites for hydroxylation is 1. The van der Waals surface area contributed by atoms with Gasteiger partial charge in [0.2, 0.25) is 0 Å². The number of hydrogen-bond donors (Lipinski definition) is 2. The second kappa shape index (κ2) is 7.77. The van der Waals surface area contributed by atoms with E-state index in [9.17, 15) is 9.90 Å². The van der Waals surface area contributed by atoms with E-state index in [1.54, 1.807) is 6.20 Å². The largest absolute Gasteiger partial charge is 0.393 e. The van der Waals surface area contributed by atoms with Crippen LogP contribution >= 0.6 is 0 Å². The number of carbonyl (C=O) groups is 1. The van der Waals surface area contributed by atoms with Crippen molar-refractivity contribution in [3.05, 3.63) is 17.5 Å². The predicted molar refractivity (Wildman–Crippen MR) is 86.7 cm³/mol. The highest BCUT2D eigenvalue weighted by Gasteiger charge is 2.29. The topological polar surface area (TPSA) is 69.2 Å². The first-order valence-corrected chi connectivity index (χ1v) is 8.52. The van der Waals surface area contributed by atoms with Gasteiger partial charge in [-0.05, 0) is 37.5 Å². The normalized spacial score (nSPS) is 18.0. The van der Waals surface area contributed by atoms with Gasteiger partial charge in [0.1, 0.15) is 0 Å². The standard InChI is InChI=1S/C17H29N3O2/c1-4-5-15-14(11-18-19-15)17(22)20-8-6-13(7-9-20)16(21)10-12(2)3/h11-13,16,21H,4-10H2,1-3H3,(H,18,19). The molecule has 5 nitrogen and oxygen atoms in total. The fourth-order valence-electron chi connectivity index (χ4n) is 3.27. The molecule has 0 radical (unpaired) electrons. The first-order chi connectivity index (χ1) is 10.5. The smallest absolute Gasteiger partial charge is 0.257 e. The van der Waals surface area contributed by atoms with E-state index in [1.165, 1.54) is 0 Å². The van der Waals surface area contributed by atoms with Crippen LogP contribution in [0.4, 0.5) is 0 Å². The van der Waals surface area contributed by atoms with E-state index in [4.69, 9.17) is 0 Å². The molecule has 0 aromatic carbocycles. The van der Waals surface area contributed by atoms with E-state index in [-0.39, 0.29) is 12.0 Å². The van der Waals surface area contributed by atoms with Gasteiger partial charge in [-0.15, -0.1) is 0 Å². The number of aromatic nitrogens is 2. The van der Waals surface area contributed by atoms with Gasteiger partial charge >= 0.3 is 0 Å². The molecule has 2 heterocycles. The molecule has 1 aliphatic rings. The highest BCUT2D eigenvalue weighted by molar-refractivity contribution is 5.95. The molecule has 1 saturated heterocycles. The third kappa shape index (κ3) is 4.09. The van der Waals surface area contributed by atoms with Gasteiger partial charge in [-0.25, -0.2) is 0 Å². The Morgan fingerprint density at radius 3 is 2.73 bits per heavy atom. The Hall–Kier alpha value is -1.36. The molecule has 2 rings (SSSR count). The number of aliphatic hydroxyl groups excluding tert-OH is 1. The van der Waals surface area contributed by atoms with Crippen LogP contribution < -0.4 is 0 Å². The fraction of sp³-hybridized carbons (Fsp3) is 0.765. The van der Waals surface area contributed by atoms with Gasteiger partial charge in [-0.2, -0.15) is 5.10 Å². The summed E-state index contributed by atoms with van der Waals surface area (Å²) >= 11 is 0. The van der Waals surface area contributed by atoms with Gasteiger partial charge < -0.3 is 10.0 Å². The van der Waals surface area contributed by atoms with Gasteiger partial charge in [0.25, 0.3) is 5.91 Å². The summed E-state index contributed by atoms with van der Waals surface area (Å²) in [4.78, 5) is 14.5. The summed E-state index contributed by atoms with van der Waals surface area (Å²) in [7, 11) is 0. The van der Waals surface area contributed by atoms with Crippen LogP contribution in [-0.2, 0) is 6.42 Å². The van der Waals surface area contributed by atoms with E-state index in [0.717, 1.165) is 50.9 Å². The molecule has 1 amide bonds. The van der Waals surface area contributed by atoms with Crippen molar-refractivity contribution in [1.29, 1.82) is 0 Å². The summed E-state index contributed by atoms with van der Waals surface area (Å²) in [5.41, 5.74) is 1.65. The molecule has 1 atom stereocenters. The molecule has 5 heteroatoms. The van der Waals surface area contributed by atoms with Crippen molar-refractivity contribution in [3.8, 4) is 0 Å². The number of likely N-dealkylation sites (tertiary alicyclic amines) is 1. The van der Waals surface area contributed by atoms with Crippen molar-refractivity contribution in [3.63, 3.8) is 0 Å². The van der Waals surface area contributed by atoms with E-state index in [1.807, 2.05) is 4.90 Å². The maximum atomic E-state index is 12.6. The third-order valence-corrected chi connectivity index (χ3v) is 4.53. The Morgan fingerprint density at radius 2 is 2.14 bits per heavy atom. The summed E-state index contributed by atoms with van der Waals surface area (Å²) in [5, 5.41) is 17.2. The number of carbonyl (C=O) groups excluding carboxylic acids is 1. The molecular weight excluding hydrogens is 278 g/mol. The zero-order valence-electron chi connectivity index (χ0n) is 14.0. The van der Waals surface area contributed by atoms with Gasteiger partial charge in [0.15, 0.2) is 0 Å². The Bertz CT molecular complexity index is 476. The van der Waals surface area contributed by atoms with Gasteiger partial charge in [0, 0.05) is 18.8 Å². The number of nitrogens with one attached hydrogen (secondary N) is 1. The van der Waals surface area contributed by atoms with E-state index in [0.29, 0.717) is 17.4 Å². The average molecular weight is 307 g/mol. The number of nitrogens with zero attached hydrogens (tertiary/aromatic N) is 2. The minimum atomic E-state index is -0.234. The van der Waals surface area contributed by atoms with E-state index >= 15 is 0 Å². The number of amides is 1. The molecule has 0 bridgehead atoms. The minimum absolute atomic E-state index is 0.0778. The van der Waals surface area contributed by atoms with Gasteiger partial charge in [0.05, 0.1) is 17.9 Å². The molecule has 2 N–H and O–H groups in total. The maximum Gasteiger partial charge on any atom is 0.257 e. The fourth-order valence-corrected chi connectivity index (χ4v) is 3.27. The van der Waals surface area contributed by atoms with Crippen LogP contribution in [0.15, 0.2) is 6.20 Å². The molecule has 1 aromatic heterocycles. The lowest BCUT2D eigenvalue weighted by Crippen LogP contribution is -2.41. The SMILES string of the molecule is CCCc1[nH]ncc1C(=O)N1CCC(C(O)CC(C)C)CC1. The zero-order valence-corrected chi connectivity index (χ0v) is 14.0. The Labute approximate surface area is 133 Å². The minimum Gasteiger partial charge on any atom is -0.393 e. The summed E-state index contributed by atoms with van der Waals surface area (Å²) in [6.07, 6.45) is 5.88. The number of hydrogen-bond acceptors (Lipinski definition) is 3. The first kappa shape index (κ1) is 17.0. The molecule has 1 aromatic rings. The van der Waals surface area contributed by atoms with Crippen molar-refractivity contribution in [1.82, 2.24) is 15.1 Å². The number of aliphatic hydroxyl groups is 1. The second-order valence-corrected chi connectivity index (χ2v) is 6.84. The summed E-state index contributed by atoms with van der Waals surface area (Å²) < 4.78 is 0. The highest BCUT2D eigenvalue weighted by atomic mass is 16.3. The van der Waals surface area contributed by atoms with Crippen LogP contribution in [0.25, 0.3) is 0 Å². The van der Waals surface area contributed by atoms with Crippen LogP contribution in [0.1, 0.15) is 62.5 Å². The number of rotatable bonds is 6. The number of H-pyrrole nitrogens is 1. The van der Waals surface area contributed by atoms with Crippen molar-refractivity contribution in [2.24, 2.45) is 11.8 Å². The molecule has 1 aliphatic heterocycles. The predicted octanol–water partition coefficient (Wildman–Crippen LogP) is 2.62. The molecule has 22 heavy (non-hydrogen) atoms. The van der Waals surface area contributed by atoms with Crippen molar-refractivity contribution in [2.75, 3.05) is 13.1 Å². The monoisotopic (exact) mass is 307 g/mol.